The van der Waals surface area contributed by atoms with Crippen LogP contribution in [0.4, 0.5) is 39.9 Å². The van der Waals surface area contributed by atoms with Gasteiger partial charge in [0, 0.05) is 7.05 Å². The Morgan fingerprint density at radius 3 is 2.07 bits per heavy atom. The fourth-order valence-electron chi connectivity index (χ4n) is 4.69. The fourth-order valence-corrected chi connectivity index (χ4v) is 4.69. The minimum atomic E-state index is -5.02. The molecule has 0 aliphatic rings. The first-order valence-corrected chi connectivity index (χ1v) is 12.9. The summed E-state index contributed by atoms with van der Waals surface area (Å²) in [5.74, 6) is -3.02. The summed E-state index contributed by atoms with van der Waals surface area (Å²) < 4.78 is 117. The van der Waals surface area contributed by atoms with Crippen molar-refractivity contribution in [3.8, 4) is 5.75 Å². The fraction of sp³-hybridized carbons (Fsp3) is 0.194. The first-order valence-electron chi connectivity index (χ1n) is 12.9. The van der Waals surface area contributed by atoms with Crippen LogP contribution in [0.3, 0.4) is 0 Å². The van der Waals surface area contributed by atoms with Crippen LogP contribution in [-0.4, -0.2) is 18.2 Å². The number of ether oxygens (including phenoxy) is 1. The zero-order valence-electron chi connectivity index (χ0n) is 22.7. The molecule has 0 fully saturated rings. The molecular weight excluding hydrogens is 600 g/mol. The predicted octanol–water partition coefficient (Wildman–Crippen LogP) is 7.49. The second-order valence-corrected chi connectivity index (χ2v) is 9.75. The van der Waals surface area contributed by atoms with Gasteiger partial charge in [-0.1, -0.05) is 48.5 Å². The first-order chi connectivity index (χ1) is 20.6. The molecule has 4 aromatic rings. The van der Waals surface area contributed by atoms with E-state index in [9.17, 15) is 45.0 Å². The highest BCUT2D eigenvalue weighted by Crippen LogP contribution is 2.41. The molecule has 0 heterocycles. The van der Waals surface area contributed by atoms with E-state index in [1.165, 1.54) is 7.05 Å². The normalized spacial score (nSPS) is 14.0. The van der Waals surface area contributed by atoms with Gasteiger partial charge in [-0.25, -0.2) is 13.6 Å². The molecular formula is C31H24F8N2O3. The molecule has 4 aromatic carbocycles. The summed E-state index contributed by atoms with van der Waals surface area (Å²) in [6.45, 7) is 0. The van der Waals surface area contributed by atoms with E-state index in [4.69, 9.17) is 4.74 Å². The van der Waals surface area contributed by atoms with Crippen LogP contribution in [0, 0.1) is 11.6 Å². The van der Waals surface area contributed by atoms with Crippen LogP contribution in [0.2, 0.25) is 0 Å². The van der Waals surface area contributed by atoms with Crippen molar-refractivity contribution in [2.45, 2.75) is 30.5 Å². The van der Waals surface area contributed by atoms with Crippen LogP contribution in [0.15, 0.2) is 91.0 Å². The number of carbonyl (C=O) groups excluding carboxylic acids is 1. The lowest BCUT2D eigenvalue weighted by Gasteiger charge is -2.39. The van der Waals surface area contributed by atoms with Gasteiger partial charge in [-0.2, -0.15) is 26.3 Å². The largest absolute Gasteiger partial charge is 0.416 e. The van der Waals surface area contributed by atoms with Crippen LogP contribution in [-0.2, 0) is 24.3 Å². The number of rotatable bonds is 8. The zero-order chi connectivity index (χ0) is 32.3. The summed E-state index contributed by atoms with van der Waals surface area (Å²) in [6, 6.07) is 16.1. The molecule has 0 radical (unpaired) electrons. The minimum absolute atomic E-state index is 0.119. The Balaban J connectivity index is 2.02. The maximum atomic E-state index is 14.9. The van der Waals surface area contributed by atoms with Crippen LogP contribution >= 0.6 is 0 Å². The highest BCUT2D eigenvalue weighted by molar-refractivity contribution is 5.70. The van der Waals surface area contributed by atoms with Gasteiger partial charge in [0.2, 0.25) is 0 Å². The minimum Gasteiger partial charge on any atom is -0.407 e. The lowest BCUT2D eigenvalue weighted by molar-refractivity contribution is -0.138. The lowest BCUT2D eigenvalue weighted by atomic mass is 9.76. The Hall–Kier alpha value is -4.49. The third-order valence-electron chi connectivity index (χ3n) is 6.77. The van der Waals surface area contributed by atoms with Crippen molar-refractivity contribution in [1.29, 1.82) is 0 Å². The van der Waals surface area contributed by atoms with Crippen LogP contribution in [0.5, 0.6) is 5.75 Å². The zero-order valence-corrected chi connectivity index (χ0v) is 22.7. The molecule has 5 nitrogen and oxygen atoms in total. The smallest absolute Gasteiger partial charge is 0.407 e. The van der Waals surface area contributed by atoms with Gasteiger partial charge >= 0.3 is 18.4 Å². The van der Waals surface area contributed by atoms with Crippen molar-refractivity contribution in [1.82, 2.24) is 10.6 Å². The van der Waals surface area contributed by atoms with Gasteiger partial charge in [-0.3, -0.25) is 5.32 Å². The van der Waals surface area contributed by atoms with Crippen LogP contribution in [0.25, 0.3) is 0 Å². The highest BCUT2D eigenvalue weighted by Gasteiger charge is 2.41. The summed E-state index contributed by atoms with van der Waals surface area (Å²) in [7, 11) is 1.20. The van der Waals surface area contributed by atoms with Crippen LogP contribution < -0.4 is 15.4 Å². The Kier molecular flexibility index (Phi) is 9.30. The van der Waals surface area contributed by atoms with E-state index in [1.807, 2.05) is 0 Å². The van der Waals surface area contributed by atoms with Gasteiger partial charge < -0.3 is 15.2 Å². The van der Waals surface area contributed by atoms with Crippen molar-refractivity contribution in [2.24, 2.45) is 0 Å². The monoisotopic (exact) mass is 624 g/mol. The van der Waals surface area contributed by atoms with Crippen LogP contribution in [0.1, 0.15) is 39.6 Å². The van der Waals surface area contributed by atoms with E-state index in [0.717, 1.165) is 42.5 Å². The van der Waals surface area contributed by atoms with Gasteiger partial charge in [-0.15, -0.1) is 0 Å². The number of alkyl halides is 6. The predicted molar refractivity (Wildman–Crippen MR) is 143 cm³/mol. The Morgan fingerprint density at radius 2 is 1.43 bits per heavy atom. The van der Waals surface area contributed by atoms with Crippen molar-refractivity contribution >= 4 is 6.09 Å². The number of halogens is 8. The number of nitrogens with one attached hydrogen (secondary N) is 2. The van der Waals surface area contributed by atoms with Gasteiger partial charge in [0.15, 0.2) is 11.6 Å². The summed E-state index contributed by atoms with van der Waals surface area (Å²) in [5.41, 5.74) is -5.04. The Morgan fingerprint density at radius 1 is 0.773 bits per heavy atom. The highest BCUT2D eigenvalue weighted by atomic mass is 19.4. The number of hydrogen-bond donors (Lipinski definition) is 3. The SMILES string of the molecule is CNC(=O)Oc1cc([C@@](Cc2ccccc2)(NC(O)c2cccc(C(F)(F)F)c2)c2cc(F)cc(C(F)(F)F)c2)ccc1F. The van der Waals surface area contributed by atoms with E-state index in [1.54, 1.807) is 30.3 Å². The van der Waals surface area contributed by atoms with Gasteiger partial charge in [-0.05, 0) is 71.1 Å². The standard InChI is InChI=1S/C31H24F8N2O3/c1-40-28(43)44-26-16-20(10-11-25(26)33)29(17-18-6-3-2-4-7-18,22-13-23(31(37,38)39)15-24(32)14-22)41-27(42)19-8-5-9-21(12-19)30(34,35)36/h2-16,27,41-42H,17H2,1H3,(H,40,43)/t27?,29-/m1/s1. The quantitative estimate of drug-likeness (QED) is 0.140. The maximum absolute atomic E-state index is 14.9. The van der Waals surface area contributed by atoms with E-state index >= 15 is 0 Å². The topological polar surface area (TPSA) is 70.6 Å². The summed E-state index contributed by atoms with van der Waals surface area (Å²) in [5, 5.41) is 16.1. The molecule has 1 unspecified atom stereocenters. The molecule has 0 saturated heterocycles. The molecule has 0 spiro atoms. The summed E-state index contributed by atoms with van der Waals surface area (Å²) >= 11 is 0. The average Bonchev–Trinajstić information content (AvgIpc) is 2.97. The second kappa shape index (κ2) is 12.6. The molecule has 0 aliphatic carbocycles. The molecule has 0 bridgehead atoms. The third kappa shape index (κ3) is 7.34. The number of benzene rings is 4. The summed E-state index contributed by atoms with van der Waals surface area (Å²) in [4.78, 5) is 11.9. The van der Waals surface area contributed by atoms with E-state index in [0.29, 0.717) is 17.7 Å². The number of carbonyl (C=O) groups is 1. The maximum Gasteiger partial charge on any atom is 0.416 e. The molecule has 4 rings (SSSR count). The Labute approximate surface area is 246 Å². The van der Waals surface area contributed by atoms with Gasteiger partial charge in [0.1, 0.15) is 12.0 Å². The number of aliphatic hydroxyl groups is 1. The third-order valence-corrected chi connectivity index (χ3v) is 6.77. The molecule has 44 heavy (non-hydrogen) atoms. The van der Waals surface area contributed by atoms with Crippen molar-refractivity contribution in [3.63, 3.8) is 0 Å². The Bertz CT molecular complexity index is 1630. The molecule has 2 atom stereocenters. The van der Waals surface area contributed by atoms with E-state index < -0.39 is 64.3 Å². The average molecular weight is 625 g/mol. The van der Waals surface area contributed by atoms with Crippen molar-refractivity contribution in [3.05, 3.63) is 136 Å². The molecule has 1 amide bonds. The number of aliphatic hydroxyl groups excluding tert-OH is 1. The molecule has 13 heteroatoms. The van der Waals surface area contributed by atoms with Gasteiger partial charge in [0.25, 0.3) is 0 Å². The second-order valence-electron chi connectivity index (χ2n) is 9.75. The molecule has 3 N–H and O–H groups in total. The van der Waals surface area contributed by atoms with E-state index in [-0.39, 0.29) is 23.6 Å². The van der Waals surface area contributed by atoms with Crippen molar-refractivity contribution < 1.29 is 49.8 Å². The van der Waals surface area contributed by atoms with E-state index in [2.05, 4.69) is 10.6 Å². The lowest BCUT2D eigenvalue weighted by Crippen LogP contribution is -2.47. The number of hydrogen-bond acceptors (Lipinski definition) is 4. The molecule has 0 saturated carbocycles. The molecule has 0 aromatic heterocycles. The molecule has 232 valence electrons. The van der Waals surface area contributed by atoms with Gasteiger partial charge in [0.05, 0.1) is 16.7 Å². The number of amides is 1. The summed E-state index contributed by atoms with van der Waals surface area (Å²) in [6.07, 6.45) is -13.2. The first kappa shape index (κ1) is 32.4. The van der Waals surface area contributed by atoms with Crippen molar-refractivity contribution in [2.75, 3.05) is 7.05 Å². The molecule has 0 aliphatic heterocycles.